The van der Waals surface area contributed by atoms with Gasteiger partial charge in [-0.05, 0) is 55.8 Å². The van der Waals surface area contributed by atoms with Crippen molar-refractivity contribution >= 4 is 5.91 Å². The molecule has 0 saturated carbocycles. The number of piperidine rings is 1. The smallest absolute Gasteiger partial charge is 0.255 e. The fraction of sp³-hybridized carbons (Fsp3) is 0.455. The zero-order valence-electron chi connectivity index (χ0n) is 16.3. The maximum Gasteiger partial charge on any atom is 0.255 e. The van der Waals surface area contributed by atoms with Crippen molar-refractivity contribution in [1.82, 2.24) is 14.8 Å². The zero-order valence-corrected chi connectivity index (χ0v) is 16.3. The summed E-state index contributed by atoms with van der Waals surface area (Å²) in [5, 5.41) is 0. The number of hydrogen-bond acceptors (Lipinski definition) is 3. The highest BCUT2D eigenvalue weighted by Gasteiger charge is 2.23. The van der Waals surface area contributed by atoms with Crippen LogP contribution in [0.3, 0.4) is 0 Å². The largest absolute Gasteiger partial charge is 0.341 e. The van der Waals surface area contributed by atoms with Crippen molar-refractivity contribution in [2.75, 3.05) is 33.2 Å². The summed E-state index contributed by atoms with van der Waals surface area (Å²) in [7, 11) is 1.85. The minimum absolute atomic E-state index is 0.0386. The van der Waals surface area contributed by atoms with Crippen LogP contribution in [0, 0.1) is 12.8 Å². The van der Waals surface area contributed by atoms with E-state index in [1.807, 2.05) is 7.05 Å². The topological polar surface area (TPSA) is 56.4 Å². The van der Waals surface area contributed by atoms with Crippen LogP contribution >= 0.6 is 0 Å². The first-order valence-corrected chi connectivity index (χ1v) is 9.74. The van der Waals surface area contributed by atoms with Gasteiger partial charge in [-0.25, -0.2) is 0 Å². The molecule has 27 heavy (non-hydrogen) atoms. The lowest BCUT2D eigenvalue weighted by Gasteiger charge is -2.34. The predicted molar refractivity (Wildman–Crippen MR) is 108 cm³/mol. The maximum absolute atomic E-state index is 12.5. The molecule has 1 N–H and O–H groups in total. The molecule has 1 aromatic carbocycles. The van der Waals surface area contributed by atoms with Crippen molar-refractivity contribution in [2.24, 2.45) is 5.92 Å². The number of carbonyl (C=O) groups is 1. The van der Waals surface area contributed by atoms with Crippen molar-refractivity contribution in [2.45, 2.75) is 26.2 Å². The Morgan fingerprint density at radius 2 is 2.07 bits per heavy atom. The number of aromatic amines is 1. The predicted octanol–water partition coefficient (Wildman–Crippen LogP) is 2.71. The fourth-order valence-electron chi connectivity index (χ4n) is 3.91. The highest BCUT2D eigenvalue weighted by atomic mass is 16.2. The second-order valence-electron chi connectivity index (χ2n) is 7.61. The van der Waals surface area contributed by atoms with Crippen LogP contribution in [0.25, 0.3) is 0 Å². The molecule has 1 aliphatic rings. The SMILES string of the molecule is Cc1ccccc1CCN1CCC[C@@H](CN(C)C(=O)c2ccc(=O)[nH]c2)C1. The Labute approximate surface area is 161 Å². The Balaban J connectivity index is 1.51. The lowest BCUT2D eigenvalue weighted by Crippen LogP contribution is -2.42. The van der Waals surface area contributed by atoms with E-state index < -0.39 is 0 Å². The number of benzene rings is 1. The number of nitrogens with zero attached hydrogens (tertiary/aromatic N) is 2. The van der Waals surface area contributed by atoms with Gasteiger partial charge in [-0.15, -0.1) is 0 Å². The van der Waals surface area contributed by atoms with E-state index in [-0.39, 0.29) is 11.5 Å². The molecular formula is C22H29N3O2. The van der Waals surface area contributed by atoms with Crippen LogP contribution in [-0.4, -0.2) is 53.9 Å². The second-order valence-corrected chi connectivity index (χ2v) is 7.61. The van der Waals surface area contributed by atoms with Gasteiger partial charge in [0.05, 0.1) is 5.56 Å². The molecule has 0 spiro atoms. The molecule has 0 aliphatic carbocycles. The van der Waals surface area contributed by atoms with Crippen molar-refractivity contribution in [3.8, 4) is 0 Å². The third-order valence-electron chi connectivity index (χ3n) is 5.47. The zero-order chi connectivity index (χ0) is 19.2. The molecule has 2 aromatic rings. The van der Waals surface area contributed by atoms with Gasteiger partial charge in [-0.2, -0.15) is 0 Å². The lowest BCUT2D eigenvalue weighted by atomic mass is 9.96. The minimum Gasteiger partial charge on any atom is -0.341 e. The monoisotopic (exact) mass is 367 g/mol. The molecule has 0 unspecified atom stereocenters. The van der Waals surface area contributed by atoms with Gasteiger partial charge in [-0.1, -0.05) is 24.3 Å². The summed E-state index contributed by atoms with van der Waals surface area (Å²) in [5.41, 5.74) is 3.12. The number of carbonyl (C=O) groups excluding carboxylic acids is 1. The van der Waals surface area contributed by atoms with Gasteiger partial charge in [0, 0.05) is 38.9 Å². The molecule has 144 valence electrons. The number of aromatic nitrogens is 1. The number of likely N-dealkylation sites (tertiary alicyclic amines) is 1. The van der Waals surface area contributed by atoms with E-state index in [2.05, 4.69) is 41.1 Å². The molecular weight excluding hydrogens is 338 g/mol. The van der Waals surface area contributed by atoms with Crippen LogP contribution in [0.5, 0.6) is 0 Å². The Kier molecular flexibility index (Phi) is 6.45. The minimum atomic E-state index is -0.189. The molecule has 1 atom stereocenters. The standard InChI is InChI=1S/C22H29N3O2/c1-17-6-3-4-8-19(17)11-13-25-12-5-7-18(16-25)15-24(2)22(27)20-9-10-21(26)23-14-20/h3-4,6,8-10,14,18H,5,7,11-13,15-16H2,1-2H3,(H,23,26)/t18-/m0/s1. The van der Waals surface area contributed by atoms with E-state index in [4.69, 9.17) is 0 Å². The normalized spacial score (nSPS) is 17.6. The van der Waals surface area contributed by atoms with Gasteiger partial charge in [0.25, 0.3) is 5.91 Å². The van der Waals surface area contributed by atoms with Gasteiger partial charge in [0.15, 0.2) is 0 Å². The van der Waals surface area contributed by atoms with Crippen LogP contribution in [0.4, 0.5) is 0 Å². The number of amides is 1. The summed E-state index contributed by atoms with van der Waals surface area (Å²) in [6, 6.07) is 11.6. The molecule has 1 aliphatic heterocycles. The van der Waals surface area contributed by atoms with Crippen LogP contribution in [0.2, 0.25) is 0 Å². The quantitative estimate of drug-likeness (QED) is 0.854. The number of H-pyrrole nitrogens is 1. The number of aryl methyl sites for hydroxylation is 1. The van der Waals surface area contributed by atoms with Crippen molar-refractivity contribution in [3.63, 3.8) is 0 Å². The molecule has 1 aromatic heterocycles. The van der Waals surface area contributed by atoms with E-state index >= 15 is 0 Å². The molecule has 1 fully saturated rings. The lowest BCUT2D eigenvalue weighted by molar-refractivity contribution is 0.0730. The molecule has 5 nitrogen and oxygen atoms in total. The summed E-state index contributed by atoms with van der Waals surface area (Å²) < 4.78 is 0. The molecule has 3 rings (SSSR count). The van der Waals surface area contributed by atoms with Gasteiger partial charge < -0.3 is 14.8 Å². The number of rotatable bonds is 6. The molecule has 2 heterocycles. The van der Waals surface area contributed by atoms with E-state index in [9.17, 15) is 9.59 Å². The van der Waals surface area contributed by atoms with Crippen molar-refractivity contribution in [3.05, 3.63) is 69.6 Å². The first kappa shape index (κ1) is 19.4. The molecule has 1 amide bonds. The van der Waals surface area contributed by atoms with Gasteiger partial charge >= 0.3 is 0 Å². The van der Waals surface area contributed by atoms with Crippen LogP contribution in [0.1, 0.15) is 34.3 Å². The maximum atomic E-state index is 12.5. The molecule has 5 heteroatoms. The van der Waals surface area contributed by atoms with Gasteiger partial charge in [0.1, 0.15) is 0 Å². The van der Waals surface area contributed by atoms with E-state index in [0.29, 0.717) is 11.5 Å². The van der Waals surface area contributed by atoms with E-state index in [1.54, 1.807) is 11.0 Å². The average Bonchev–Trinajstić information content (AvgIpc) is 2.68. The molecule has 0 radical (unpaired) electrons. The summed E-state index contributed by atoms with van der Waals surface area (Å²) in [6.45, 7) is 6.17. The highest BCUT2D eigenvalue weighted by Crippen LogP contribution is 2.19. The van der Waals surface area contributed by atoms with Gasteiger partial charge in [0.2, 0.25) is 5.56 Å². The van der Waals surface area contributed by atoms with Crippen LogP contribution in [0.15, 0.2) is 47.4 Å². The van der Waals surface area contributed by atoms with Crippen molar-refractivity contribution < 1.29 is 4.79 Å². The summed E-state index contributed by atoms with van der Waals surface area (Å²) >= 11 is 0. The summed E-state index contributed by atoms with van der Waals surface area (Å²) in [6.07, 6.45) is 4.91. The number of pyridine rings is 1. The number of nitrogens with one attached hydrogen (secondary N) is 1. The highest BCUT2D eigenvalue weighted by molar-refractivity contribution is 5.93. The van der Waals surface area contributed by atoms with E-state index in [1.165, 1.54) is 29.8 Å². The fourth-order valence-corrected chi connectivity index (χ4v) is 3.91. The van der Waals surface area contributed by atoms with Crippen LogP contribution < -0.4 is 5.56 Å². The van der Waals surface area contributed by atoms with Crippen LogP contribution in [-0.2, 0) is 6.42 Å². The Bertz CT molecular complexity index is 810. The molecule has 0 bridgehead atoms. The second kappa shape index (κ2) is 9.00. The summed E-state index contributed by atoms with van der Waals surface area (Å²) in [4.78, 5) is 30.6. The average molecular weight is 367 g/mol. The first-order valence-electron chi connectivity index (χ1n) is 9.74. The Morgan fingerprint density at radius 3 is 2.81 bits per heavy atom. The van der Waals surface area contributed by atoms with E-state index in [0.717, 1.165) is 39.0 Å². The number of hydrogen-bond donors (Lipinski definition) is 1. The third-order valence-corrected chi connectivity index (χ3v) is 5.47. The Morgan fingerprint density at radius 1 is 1.26 bits per heavy atom. The first-order chi connectivity index (χ1) is 13.0. The Hall–Kier alpha value is -2.40. The van der Waals surface area contributed by atoms with Gasteiger partial charge in [-0.3, -0.25) is 9.59 Å². The third kappa shape index (κ3) is 5.30. The summed E-state index contributed by atoms with van der Waals surface area (Å²) in [5.74, 6) is 0.454. The van der Waals surface area contributed by atoms with Crippen molar-refractivity contribution in [1.29, 1.82) is 0 Å². The molecule has 1 saturated heterocycles.